The Balaban J connectivity index is 1.26. The average Bonchev–Trinajstić information content (AvgIpc) is 3.43. The molecule has 40 heavy (non-hydrogen) atoms. The summed E-state index contributed by atoms with van der Waals surface area (Å²) in [6.45, 7) is 11.4. The Morgan fingerprint density at radius 1 is 0.825 bits per heavy atom. The minimum atomic E-state index is -0.356. The molecule has 1 N–H and O–H groups in total. The van der Waals surface area contributed by atoms with Crippen molar-refractivity contribution in [1.29, 1.82) is 0 Å². The minimum Gasteiger partial charge on any atom is -0.457 e. The van der Waals surface area contributed by atoms with E-state index in [-0.39, 0.29) is 34.0 Å². The van der Waals surface area contributed by atoms with Crippen LogP contribution in [-0.2, 0) is 17.3 Å². The molecule has 0 fully saturated rings. The molecule has 0 saturated heterocycles. The van der Waals surface area contributed by atoms with E-state index in [9.17, 15) is 9.59 Å². The topological polar surface area (TPSA) is 68.5 Å². The van der Waals surface area contributed by atoms with Crippen molar-refractivity contribution in [3.8, 4) is 11.5 Å². The average molecular weight is 536 g/mol. The molecular formula is C35H37NO4. The lowest BCUT2D eigenvalue weighted by atomic mass is 9.62. The van der Waals surface area contributed by atoms with Crippen LogP contribution in [0.4, 0.5) is 0 Å². The van der Waals surface area contributed by atoms with Gasteiger partial charge in [-0.2, -0.15) is 0 Å². The molecule has 1 heterocycles. The van der Waals surface area contributed by atoms with E-state index >= 15 is 0 Å². The van der Waals surface area contributed by atoms with E-state index in [4.69, 9.17) is 9.15 Å². The fourth-order valence-corrected chi connectivity index (χ4v) is 5.50. The second-order valence-electron chi connectivity index (χ2n) is 12.0. The van der Waals surface area contributed by atoms with Crippen LogP contribution < -0.4 is 10.1 Å². The van der Waals surface area contributed by atoms with Crippen molar-refractivity contribution in [3.63, 3.8) is 0 Å². The van der Waals surface area contributed by atoms with Crippen molar-refractivity contribution < 1.29 is 18.7 Å². The first-order chi connectivity index (χ1) is 19.0. The largest absolute Gasteiger partial charge is 0.457 e. The van der Waals surface area contributed by atoms with Gasteiger partial charge >= 0.3 is 0 Å². The Morgan fingerprint density at radius 2 is 1.45 bits per heavy atom. The number of para-hydroxylation sites is 2. The molecule has 0 atom stereocenters. The lowest BCUT2D eigenvalue weighted by Crippen LogP contribution is -2.34. The van der Waals surface area contributed by atoms with Gasteiger partial charge in [0, 0.05) is 12.1 Å². The van der Waals surface area contributed by atoms with Gasteiger partial charge in [-0.25, -0.2) is 0 Å². The van der Waals surface area contributed by atoms with E-state index in [0.29, 0.717) is 18.5 Å². The van der Waals surface area contributed by atoms with Crippen LogP contribution in [0.25, 0.3) is 0 Å². The predicted octanol–water partition coefficient (Wildman–Crippen LogP) is 7.93. The molecule has 4 aromatic rings. The van der Waals surface area contributed by atoms with Crippen molar-refractivity contribution in [2.45, 2.75) is 64.7 Å². The first-order valence-corrected chi connectivity index (χ1v) is 13.9. The molecule has 0 radical (unpaired) electrons. The number of ketones is 1. The fraction of sp³-hybridized carbons (Fsp3) is 0.314. The number of carbonyl (C=O) groups excluding carboxylic acids is 2. The van der Waals surface area contributed by atoms with Crippen molar-refractivity contribution in [3.05, 3.63) is 118 Å². The fourth-order valence-electron chi connectivity index (χ4n) is 5.50. The van der Waals surface area contributed by atoms with Crippen molar-refractivity contribution >= 4 is 11.7 Å². The number of rotatable bonds is 8. The molecule has 5 nitrogen and oxygen atoms in total. The number of ether oxygens (including phenoxy) is 1. The number of aryl methyl sites for hydroxylation is 1. The van der Waals surface area contributed by atoms with Gasteiger partial charge < -0.3 is 14.5 Å². The summed E-state index contributed by atoms with van der Waals surface area (Å²) in [7, 11) is 0. The van der Waals surface area contributed by atoms with Gasteiger partial charge in [0.2, 0.25) is 5.78 Å². The third-order valence-corrected chi connectivity index (χ3v) is 8.12. The number of fused-ring (bicyclic) bond motifs is 1. The molecule has 0 saturated carbocycles. The maximum Gasteiger partial charge on any atom is 0.287 e. The van der Waals surface area contributed by atoms with Crippen molar-refractivity contribution in [2.24, 2.45) is 0 Å². The van der Waals surface area contributed by atoms with E-state index in [2.05, 4.69) is 39.1 Å². The van der Waals surface area contributed by atoms with Gasteiger partial charge in [-0.05, 0) is 95.7 Å². The summed E-state index contributed by atoms with van der Waals surface area (Å²) in [4.78, 5) is 26.4. The predicted molar refractivity (Wildman–Crippen MR) is 158 cm³/mol. The minimum absolute atomic E-state index is 0.00739. The van der Waals surface area contributed by atoms with Gasteiger partial charge in [0.15, 0.2) is 11.5 Å². The summed E-state index contributed by atoms with van der Waals surface area (Å²) in [6.07, 6.45) is 2.77. The Morgan fingerprint density at radius 3 is 2.17 bits per heavy atom. The third-order valence-electron chi connectivity index (χ3n) is 8.12. The second-order valence-corrected chi connectivity index (χ2v) is 12.0. The molecule has 1 aliphatic rings. The van der Waals surface area contributed by atoms with Crippen LogP contribution in [-0.4, -0.2) is 18.2 Å². The molecule has 5 heteroatoms. The zero-order valence-corrected chi connectivity index (χ0v) is 24.0. The lowest BCUT2D eigenvalue weighted by Gasteiger charge is -2.42. The zero-order chi connectivity index (χ0) is 28.5. The summed E-state index contributed by atoms with van der Waals surface area (Å²) in [5.74, 6) is 1.24. The molecular weight excluding hydrogens is 498 g/mol. The normalized spacial score (nSPS) is 15.2. The third kappa shape index (κ3) is 5.60. The van der Waals surface area contributed by atoms with Gasteiger partial charge in [-0.15, -0.1) is 0 Å². The first-order valence-electron chi connectivity index (χ1n) is 13.9. The number of amides is 1. The molecule has 1 amide bonds. The van der Waals surface area contributed by atoms with Gasteiger partial charge in [-0.1, -0.05) is 70.2 Å². The highest BCUT2D eigenvalue weighted by Gasteiger charge is 2.38. The highest BCUT2D eigenvalue weighted by Crippen LogP contribution is 2.46. The van der Waals surface area contributed by atoms with Gasteiger partial charge in [0.25, 0.3) is 5.91 Å². The van der Waals surface area contributed by atoms with E-state index in [1.54, 1.807) is 12.1 Å². The maximum absolute atomic E-state index is 13.5. The SMILES string of the molecule is Cc1cc2c(cc1C(=O)c1ccc(C(=O)NCCc3ccccc3Oc3ccccc3)o1)C(C)(C)CCC2(C)C. The number of hydrogen-bond donors (Lipinski definition) is 1. The summed E-state index contributed by atoms with van der Waals surface area (Å²) in [6, 6.07) is 24.7. The lowest BCUT2D eigenvalue weighted by molar-refractivity contribution is 0.0920. The van der Waals surface area contributed by atoms with E-state index < -0.39 is 0 Å². The summed E-state index contributed by atoms with van der Waals surface area (Å²) >= 11 is 0. The molecule has 3 aromatic carbocycles. The molecule has 0 unspecified atom stereocenters. The number of carbonyl (C=O) groups is 2. The second kappa shape index (κ2) is 10.8. The molecule has 0 aliphatic heterocycles. The van der Waals surface area contributed by atoms with Crippen LogP contribution in [0.1, 0.15) is 89.5 Å². The monoisotopic (exact) mass is 535 g/mol. The van der Waals surface area contributed by atoms with Crippen molar-refractivity contribution in [2.75, 3.05) is 6.54 Å². The standard InChI is InChI=1S/C35H37NO4/c1-23-21-27-28(35(4,5)19-18-34(27,2)3)22-26(23)32(37)30-15-16-31(40-30)33(38)36-20-17-24-11-9-10-14-29(24)39-25-12-7-6-8-13-25/h6-16,21-22H,17-20H2,1-5H3,(H,36,38). The Hall–Kier alpha value is -4.12. The quantitative estimate of drug-likeness (QED) is 0.233. The van der Waals surface area contributed by atoms with Crippen LogP contribution in [0.5, 0.6) is 11.5 Å². The van der Waals surface area contributed by atoms with E-state index in [0.717, 1.165) is 35.5 Å². The number of nitrogens with one attached hydrogen (secondary N) is 1. The number of hydrogen-bond acceptors (Lipinski definition) is 4. The Bertz CT molecular complexity index is 1540. The molecule has 1 aliphatic carbocycles. The van der Waals surface area contributed by atoms with E-state index in [1.165, 1.54) is 11.1 Å². The Kier molecular flexibility index (Phi) is 7.41. The molecule has 5 rings (SSSR count). The van der Waals surface area contributed by atoms with Crippen LogP contribution >= 0.6 is 0 Å². The molecule has 0 spiro atoms. The highest BCUT2D eigenvalue weighted by molar-refractivity contribution is 6.09. The Labute approximate surface area is 236 Å². The number of benzene rings is 3. The summed E-state index contributed by atoms with van der Waals surface area (Å²) in [5.41, 5.74) is 5.13. The highest BCUT2D eigenvalue weighted by atomic mass is 16.5. The number of furan rings is 1. The molecule has 206 valence electrons. The van der Waals surface area contributed by atoms with Crippen LogP contribution in [0.2, 0.25) is 0 Å². The molecule has 1 aromatic heterocycles. The first kappa shape index (κ1) is 27.4. The van der Waals surface area contributed by atoms with Gasteiger partial charge in [0.1, 0.15) is 11.5 Å². The van der Waals surface area contributed by atoms with Crippen molar-refractivity contribution in [1.82, 2.24) is 5.32 Å². The van der Waals surface area contributed by atoms with Gasteiger partial charge in [0.05, 0.1) is 0 Å². The molecule has 0 bridgehead atoms. The maximum atomic E-state index is 13.5. The van der Waals surface area contributed by atoms with Crippen LogP contribution in [0.3, 0.4) is 0 Å². The van der Waals surface area contributed by atoms with Gasteiger partial charge in [-0.3, -0.25) is 9.59 Å². The van der Waals surface area contributed by atoms with Crippen LogP contribution in [0.15, 0.2) is 83.3 Å². The van der Waals surface area contributed by atoms with E-state index in [1.807, 2.05) is 67.6 Å². The van der Waals surface area contributed by atoms with Crippen LogP contribution in [0, 0.1) is 6.92 Å². The summed E-state index contributed by atoms with van der Waals surface area (Å²) in [5, 5.41) is 2.90. The summed E-state index contributed by atoms with van der Waals surface area (Å²) < 4.78 is 11.8. The zero-order valence-electron chi connectivity index (χ0n) is 24.0. The smallest absolute Gasteiger partial charge is 0.287 e.